The summed E-state index contributed by atoms with van der Waals surface area (Å²) >= 11 is 1.89. The van der Waals surface area contributed by atoms with Gasteiger partial charge in [0.05, 0.1) is 5.54 Å². The van der Waals surface area contributed by atoms with Gasteiger partial charge in [-0.2, -0.15) is 11.8 Å². The number of carbonyl (C=O) groups excluding carboxylic acids is 1. The van der Waals surface area contributed by atoms with E-state index >= 15 is 0 Å². The monoisotopic (exact) mass is 288 g/mol. The topological polar surface area (TPSA) is 75.3 Å². The molecule has 0 saturated heterocycles. The maximum Gasteiger partial charge on any atom is 0.237 e. The Morgan fingerprint density at radius 1 is 1.53 bits per heavy atom. The van der Waals surface area contributed by atoms with Crippen LogP contribution in [0.25, 0.3) is 0 Å². The molecule has 0 aromatic carbocycles. The molecule has 1 amide bonds. The average Bonchev–Trinajstić information content (AvgIpc) is 3.12. The minimum absolute atomic E-state index is 0.235. The smallest absolute Gasteiger partial charge is 0.237 e. The first-order valence-corrected chi connectivity index (χ1v) is 8.33. The summed E-state index contributed by atoms with van der Waals surface area (Å²) in [5.74, 6) is 0.847. The first-order valence-electron chi connectivity index (χ1n) is 7.28. The van der Waals surface area contributed by atoms with E-state index < -0.39 is 5.54 Å². The summed E-state index contributed by atoms with van der Waals surface area (Å²) in [6.45, 7) is 4.33. The Kier molecular flexibility index (Phi) is 7.18. The number of unbranched alkanes of at least 4 members (excludes halogenated alkanes) is 1. The van der Waals surface area contributed by atoms with Gasteiger partial charge in [0.25, 0.3) is 0 Å². The van der Waals surface area contributed by atoms with Crippen LogP contribution in [0.15, 0.2) is 0 Å². The lowest BCUT2D eigenvalue weighted by molar-refractivity contribution is -0.124. The maximum absolute atomic E-state index is 11.6. The predicted octanol–water partition coefficient (Wildman–Crippen LogP) is 1.66. The molecular weight excluding hydrogens is 260 g/mol. The molecule has 19 heavy (non-hydrogen) atoms. The van der Waals surface area contributed by atoms with Gasteiger partial charge in [-0.05, 0) is 44.8 Å². The Hall–Kier alpha value is -0.260. The number of hydrogen-bond donors (Lipinski definition) is 3. The Morgan fingerprint density at radius 2 is 2.21 bits per heavy atom. The Morgan fingerprint density at radius 3 is 2.74 bits per heavy atom. The van der Waals surface area contributed by atoms with Crippen molar-refractivity contribution in [2.24, 2.45) is 5.73 Å². The minimum atomic E-state index is -0.539. The molecule has 1 aliphatic carbocycles. The molecule has 1 saturated carbocycles. The van der Waals surface area contributed by atoms with Crippen molar-refractivity contribution in [2.45, 2.75) is 69.2 Å². The lowest BCUT2D eigenvalue weighted by Gasteiger charge is -2.27. The van der Waals surface area contributed by atoms with Crippen LogP contribution in [0.4, 0.5) is 0 Å². The van der Waals surface area contributed by atoms with Gasteiger partial charge in [0, 0.05) is 17.9 Å². The van der Waals surface area contributed by atoms with Crippen molar-refractivity contribution >= 4 is 17.7 Å². The van der Waals surface area contributed by atoms with Gasteiger partial charge in [-0.25, -0.2) is 0 Å². The molecular formula is C14H28N2O2S. The predicted molar refractivity (Wildman–Crippen MR) is 81.2 cm³/mol. The Balaban J connectivity index is 2.16. The molecule has 2 unspecified atom stereocenters. The normalized spacial score (nSPS) is 19.9. The van der Waals surface area contributed by atoms with E-state index in [-0.39, 0.29) is 12.5 Å². The molecule has 4 nitrogen and oxygen atoms in total. The van der Waals surface area contributed by atoms with Crippen molar-refractivity contribution in [2.75, 3.05) is 12.4 Å². The van der Waals surface area contributed by atoms with Crippen LogP contribution in [0.2, 0.25) is 0 Å². The number of aliphatic hydroxyl groups is 1. The Labute approximate surface area is 120 Å². The summed E-state index contributed by atoms with van der Waals surface area (Å²) < 4.78 is 0. The molecule has 0 radical (unpaired) electrons. The van der Waals surface area contributed by atoms with Crippen molar-refractivity contribution in [3.8, 4) is 0 Å². The number of aliphatic hydroxyl groups excluding tert-OH is 1. The largest absolute Gasteiger partial charge is 0.396 e. The number of carbonyl (C=O) groups is 1. The minimum Gasteiger partial charge on any atom is -0.396 e. The molecule has 1 fully saturated rings. The van der Waals surface area contributed by atoms with E-state index in [1.807, 2.05) is 18.7 Å². The number of nitrogens with one attached hydrogen (secondary N) is 1. The van der Waals surface area contributed by atoms with Crippen LogP contribution < -0.4 is 11.1 Å². The summed E-state index contributed by atoms with van der Waals surface area (Å²) in [4.78, 5) is 11.6. The molecule has 1 rings (SSSR count). The van der Waals surface area contributed by atoms with E-state index in [1.54, 1.807) is 0 Å². The second-order valence-electron chi connectivity index (χ2n) is 5.77. The van der Waals surface area contributed by atoms with Crippen molar-refractivity contribution in [3.05, 3.63) is 0 Å². The summed E-state index contributed by atoms with van der Waals surface area (Å²) in [5, 5.41) is 12.7. The number of primary amides is 1. The SMILES string of the molecule is CC(CCO)SCCCCC(C)(NC1CC1)C(N)=O. The van der Waals surface area contributed by atoms with E-state index in [9.17, 15) is 4.79 Å². The first-order chi connectivity index (χ1) is 8.98. The second-order valence-corrected chi connectivity index (χ2v) is 7.31. The van der Waals surface area contributed by atoms with E-state index in [0.717, 1.165) is 44.3 Å². The lowest BCUT2D eigenvalue weighted by Crippen LogP contribution is -2.53. The number of hydrogen-bond acceptors (Lipinski definition) is 4. The number of thioether (sulfide) groups is 1. The molecule has 1 aliphatic rings. The third-order valence-corrected chi connectivity index (χ3v) is 4.98. The Bertz CT molecular complexity index is 285. The second kappa shape index (κ2) is 8.12. The van der Waals surface area contributed by atoms with Gasteiger partial charge < -0.3 is 16.2 Å². The molecule has 0 aromatic heterocycles. The van der Waals surface area contributed by atoms with Gasteiger partial charge in [0.15, 0.2) is 0 Å². The fraction of sp³-hybridized carbons (Fsp3) is 0.929. The average molecular weight is 288 g/mol. The van der Waals surface area contributed by atoms with Crippen molar-refractivity contribution in [1.29, 1.82) is 0 Å². The molecule has 2 atom stereocenters. The van der Waals surface area contributed by atoms with Crippen molar-refractivity contribution in [1.82, 2.24) is 5.32 Å². The summed E-state index contributed by atoms with van der Waals surface area (Å²) in [5.41, 5.74) is 4.98. The third kappa shape index (κ3) is 6.63. The molecule has 0 heterocycles. The zero-order valence-electron chi connectivity index (χ0n) is 12.2. The standard InChI is InChI=1S/C14H28N2O2S/c1-11(7-9-17)19-10-4-3-8-14(2,13(15)18)16-12-5-6-12/h11-12,16-17H,3-10H2,1-2H3,(H2,15,18). The molecule has 112 valence electrons. The summed E-state index contributed by atoms with van der Waals surface area (Å²) in [7, 11) is 0. The van der Waals surface area contributed by atoms with Gasteiger partial charge in [0.1, 0.15) is 0 Å². The molecule has 0 spiro atoms. The van der Waals surface area contributed by atoms with Crippen LogP contribution in [0.5, 0.6) is 0 Å². The highest BCUT2D eigenvalue weighted by Crippen LogP contribution is 2.25. The van der Waals surface area contributed by atoms with Crippen LogP contribution in [-0.4, -0.2) is 40.2 Å². The van der Waals surface area contributed by atoms with E-state index in [2.05, 4.69) is 12.2 Å². The van der Waals surface area contributed by atoms with Crippen LogP contribution >= 0.6 is 11.8 Å². The van der Waals surface area contributed by atoms with Crippen molar-refractivity contribution in [3.63, 3.8) is 0 Å². The van der Waals surface area contributed by atoms with E-state index in [0.29, 0.717) is 11.3 Å². The van der Waals surface area contributed by atoms with E-state index in [1.165, 1.54) is 0 Å². The van der Waals surface area contributed by atoms with Gasteiger partial charge in [0.2, 0.25) is 5.91 Å². The highest BCUT2D eigenvalue weighted by Gasteiger charge is 2.36. The number of rotatable bonds is 11. The molecule has 5 heteroatoms. The zero-order chi connectivity index (χ0) is 14.3. The van der Waals surface area contributed by atoms with Crippen LogP contribution in [0.3, 0.4) is 0 Å². The summed E-state index contributed by atoms with van der Waals surface area (Å²) in [6, 6.07) is 0.497. The fourth-order valence-electron chi connectivity index (χ4n) is 2.07. The molecule has 0 bridgehead atoms. The molecule has 0 aliphatic heterocycles. The number of amides is 1. The summed E-state index contributed by atoms with van der Waals surface area (Å²) in [6.07, 6.45) is 6.10. The quantitative estimate of drug-likeness (QED) is 0.505. The fourth-order valence-corrected chi connectivity index (χ4v) is 3.12. The lowest BCUT2D eigenvalue weighted by atomic mass is 9.94. The van der Waals surface area contributed by atoms with Crippen molar-refractivity contribution < 1.29 is 9.90 Å². The molecule has 0 aromatic rings. The number of nitrogens with two attached hydrogens (primary N) is 1. The first kappa shape index (κ1) is 16.8. The highest BCUT2D eigenvalue weighted by molar-refractivity contribution is 7.99. The maximum atomic E-state index is 11.6. The zero-order valence-corrected chi connectivity index (χ0v) is 13.0. The van der Waals surface area contributed by atoms with Crippen LogP contribution in [0, 0.1) is 0 Å². The van der Waals surface area contributed by atoms with Crippen LogP contribution in [-0.2, 0) is 4.79 Å². The van der Waals surface area contributed by atoms with Gasteiger partial charge >= 0.3 is 0 Å². The third-order valence-electron chi connectivity index (χ3n) is 3.65. The van der Waals surface area contributed by atoms with Gasteiger partial charge in [-0.1, -0.05) is 13.3 Å². The van der Waals surface area contributed by atoms with Gasteiger partial charge in [-0.3, -0.25) is 4.79 Å². The highest BCUT2D eigenvalue weighted by atomic mass is 32.2. The van der Waals surface area contributed by atoms with Gasteiger partial charge in [-0.15, -0.1) is 0 Å². The van der Waals surface area contributed by atoms with E-state index in [4.69, 9.17) is 10.8 Å². The van der Waals surface area contributed by atoms with Crippen LogP contribution in [0.1, 0.15) is 52.4 Å². The molecule has 4 N–H and O–H groups in total.